The Balaban J connectivity index is 1.37. The number of aryl methyl sites for hydroxylation is 1. The van der Waals surface area contributed by atoms with Gasteiger partial charge in [0.1, 0.15) is 17.0 Å². The minimum Gasteiger partial charge on any atom is -0.387 e. The number of hydrogen-bond acceptors (Lipinski definition) is 5. The van der Waals surface area contributed by atoms with Crippen LogP contribution >= 0.6 is 0 Å². The van der Waals surface area contributed by atoms with Crippen molar-refractivity contribution < 1.29 is 9.90 Å². The Hall–Kier alpha value is -2.74. The number of pyridine rings is 1. The van der Waals surface area contributed by atoms with E-state index in [-0.39, 0.29) is 5.91 Å². The van der Waals surface area contributed by atoms with Crippen LogP contribution in [0.25, 0.3) is 5.65 Å². The molecule has 8 heteroatoms. The highest BCUT2D eigenvalue weighted by Crippen LogP contribution is 2.21. The van der Waals surface area contributed by atoms with Crippen molar-refractivity contribution in [1.82, 2.24) is 29.3 Å². The van der Waals surface area contributed by atoms with Gasteiger partial charge in [0.15, 0.2) is 0 Å². The van der Waals surface area contributed by atoms with E-state index >= 15 is 0 Å². The summed E-state index contributed by atoms with van der Waals surface area (Å²) in [6.07, 6.45) is 6.76. The van der Waals surface area contributed by atoms with E-state index in [1.54, 1.807) is 24.0 Å². The van der Waals surface area contributed by atoms with E-state index < -0.39 is 6.10 Å². The van der Waals surface area contributed by atoms with Crippen molar-refractivity contribution in [2.24, 2.45) is 5.92 Å². The predicted octanol–water partition coefficient (Wildman–Crippen LogP) is 1.84. The van der Waals surface area contributed by atoms with Crippen LogP contribution in [0, 0.1) is 12.8 Å². The van der Waals surface area contributed by atoms with E-state index in [1.165, 1.54) is 0 Å². The van der Waals surface area contributed by atoms with Gasteiger partial charge in [-0.25, -0.2) is 4.98 Å². The second-order valence-electron chi connectivity index (χ2n) is 7.37. The number of aliphatic hydroxyl groups excluding tert-OH is 1. The summed E-state index contributed by atoms with van der Waals surface area (Å²) in [7, 11) is 0. The number of hydrogen-bond donors (Lipinski definition) is 1. The van der Waals surface area contributed by atoms with Gasteiger partial charge in [-0.2, -0.15) is 0 Å². The third-order valence-corrected chi connectivity index (χ3v) is 5.17. The average Bonchev–Trinajstić information content (AvgIpc) is 3.28. The molecule has 1 aliphatic rings. The number of piperidine rings is 1. The van der Waals surface area contributed by atoms with Gasteiger partial charge in [-0.15, -0.1) is 5.10 Å². The number of carbonyl (C=O) groups excluding carboxylic acids is 1. The minimum atomic E-state index is -0.604. The van der Waals surface area contributed by atoms with Crippen LogP contribution in [0.4, 0.5) is 0 Å². The maximum absolute atomic E-state index is 12.8. The van der Waals surface area contributed by atoms with Gasteiger partial charge in [-0.05, 0) is 50.3 Å². The van der Waals surface area contributed by atoms with Gasteiger partial charge >= 0.3 is 0 Å². The van der Waals surface area contributed by atoms with Crippen molar-refractivity contribution in [3.63, 3.8) is 0 Å². The SMILES string of the molecule is Cc1ccn2cc(C(=O)N3CCC(Cn4cc(C(C)O)nn4)CC3)nc2c1. The van der Waals surface area contributed by atoms with Gasteiger partial charge in [0.05, 0.1) is 12.3 Å². The molecule has 1 unspecified atom stereocenters. The summed E-state index contributed by atoms with van der Waals surface area (Å²) in [4.78, 5) is 19.2. The first-order valence-corrected chi connectivity index (χ1v) is 9.32. The Labute approximate surface area is 157 Å². The fraction of sp³-hybridized carbons (Fsp3) is 0.474. The average molecular weight is 368 g/mol. The summed E-state index contributed by atoms with van der Waals surface area (Å²) in [5, 5.41) is 17.6. The maximum atomic E-state index is 12.8. The lowest BCUT2D eigenvalue weighted by molar-refractivity contribution is 0.0675. The van der Waals surface area contributed by atoms with Crippen LogP contribution in [0.15, 0.2) is 30.7 Å². The predicted molar refractivity (Wildman–Crippen MR) is 99.2 cm³/mol. The Kier molecular flexibility index (Phi) is 4.65. The summed E-state index contributed by atoms with van der Waals surface area (Å²) in [5.74, 6) is 0.438. The number of carbonyl (C=O) groups is 1. The molecule has 0 radical (unpaired) electrons. The molecular weight excluding hydrogens is 344 g/mol. The largest absolute Gasteiger partial charge is 0.387 e. The molecule has 0 saturated carbocycles. The molecule has 3 aromatic rings. The lowest BCUT2D eigenvalue weighted by atomic mass is 9.96. The summed E-state index contributed by atoms with van der Waals surface area (Å²) in [6, 6.07) is 3.98. The molecule has 1 saturated heterocycles. The highest BCUT2D eigenvalue weighted by molar-refractivity contribution is 5.93. The van der Waals surface area contributed by atoms with Gasteiger partial charge in [0.25, 0.3) is 5.91 Å². The molecule has 1 atom stereocenters. The van der Waals surface area contributed by atoms with Crippen molar-refractivity contribution in [2.45, 2.75) is 39.3 Å². The molecule has 1 amide bonds. The number of rotatable bonds is 4. The fourth-order valence-electron chi connectivity index (χ4n) is 3.53. The number of aromatic nitrogens is 5. The molecule has 0 aromatic carbocycles. The zero-order valence-electron chi connectivity index (χ0n) is 15.6. The number of amides is 1. The lowest BCUT2D eigenvalue weighted by Gasteiger charge is -2.31. The van der Waals surface area contributed by atoms with Crippen molar-refractivity contribution in [1.29, 1.82) is 0 Å². The molecule has 142 valence electrons. The lowest BCUT2D eigenvalue weighted by Crippen LogP contribution is -2.39. The number of imidazole rings is 1. The van der Waals surface area contributed by atoms with E-state index in [0.29, 0.717) is 30.4 Å². The Morgan fingerprint density at radius 1 is 1.33 bits per heavy atom. The number of fused-ring (bicyclic) bond motifs is 1. The molecule has 8 nitrogen and oxygen atoms in total. The molecule has 4 rings (SSSR count). The molecule has 3 aromatic heterocycles. The van der Waals surface area contributed by atoms with E-state index in [4.69, 9.17) is 0 Å². The smallest absolute Gasteiger partial charge is 0.274 e. The first-order valence-electron chi connectivity index (χ1n) is 9.32. The Bertz CT molecular complexity index is 952. The van der Waals surface area contributed by atoms with Crippen LogP contribution in [0.5, 0.6) is 0 Å². The van der Waals surface area contributed by atoms with Crippen LogP contribution < -0.4 is 0 Å². The molecule has 0 bridgehead atoms. The van der Waals surface area contributed by atoms with Crippen LogP contribution in [0.1, 0.15) is 47.6 Å². The van der Waals surface area contributed by atoms with Crippen molar-refractivity contribution >= 4 is 11.6 Å². The Morgan fingerprint density at radius 2 is 2.11 bits per heavy atom. The number of likely N-dealkylation sites (tertiary alicyclic amines) is 1. The highest BCUT2D eigenvalue weighted by atomic mass is 16.3. The minimum absolute atomic E-state index is 0.00745. The molecule has 4 heterocycles. The fourth-order valence-corrected chi connectivity index (χ4v) is 3.53. The first-order chi connectivity index (χ1) is 13.0. The zero-order valence-corrected chi connectivity index (χ0v) is 15.6. The summed E-state index contributed by atoms with van der Waals surface area (Å²) >= 11 is 0. The standard InChI is InChI=1S/C19H24N6O2/c1-13-3-6-24-11-17(20-18(24)9-13)19(27)23-7-4-15(5-8-23)10-25-12-16(14(2)26)21-22-25/h3,6,9,11-12,14-15,26H,4-5,7-8,10H2,1-2H3. The summed E-state index contributed by atoms with van der Waals surface area (Å²) in [6.45, 7) is 5.89. The van der Waals surface area contributed by atoms with Gasteiger partial charge in [-0.3, -0.25) is 9.48 Å². The third-order valence-electron chi connectivity index (χ3n) is 5.17. The molecule has 0 spiro atoms. The van der Waals surface area contributed by atoms with E-state index in [1.807, 2.05) is 34.6 Å². The van der Waals surface area contributed by atoms with Crippen molar-refractivity contribution in [2.75, 3.05) is 13.1 Å². The first kappa shape index (κ1) is 17.7. The summed E-state index contributed by atoms with van der Waals surface area (Å²) < 4.78 is 3.67. The monoisotopic (exact) mass is 368 g/mol. The van der Waals surface area contributed by atoms with Gasteiger partial charge in [0.2, 0.25) is 0 Å². The number of nitrogens with zero attached hydrogens (tertiary/aromatic N) is 6. The second-order valence-corrected chi connectivity index (χ2v) is 7.37. The quantitative estimate of drug-likeness (QED) is 0.759. The molecule has 1 fully saturated rings. The highest BCUT2D eigenvalue weighted by Gasteiger charge is 2.25. The summed E-state index contributed by atoms with van der Waals surface area (Å²) in [5.41, 5.74) is 3.01. The van der Waals surface area contributed by atoms with E-state index in [0.717, 1.165) is 30.6 Å². The third kappa shape index (κ3) is 3.71. The topological polar surface area (TPSA) is 88.5 Å². The molecular formula is C19H24N6O2. The van der Waals surface area contributed by atoms with E-state index in [9.17, 15) is 9.90 Å². The normalized spacial score (nSPS) is 16.8. The molecule has 1 aliphatic heterocycles. The van der Waals surface area contributed by atoms with Gasteiger partial charge in [0, 0.05) is 32.0 Å². The van der Waals surface area contributed by atoms with Gasteiger partial charge < -0.3 is 14.4 Å². The molecule has 0 aliphatic carbocycles. The van der Waals surface area contributed by atoms with Crippen LogP contribution in [0.3, 0.4) is 0 Å². The maximum Gasteiger partial charge on any atom is 0.274 e. The van der Waals surface area contributed by atoms with Crippen molar-refractivity contribution in [3.8, 4) is 0 Å². The van der Waals surface area contributed by atoms with Gasteiger partial charge in [-0.1, -0.05) is 5.21 Å². The van der Waals surface area contributed by atoms with E-state index in [2.05, 4.69) is 15.3 Å². The zero-order chi connectivity index (χ0) is 19.0. The van der Waals surface area contributed by atoms with Crippen molar-refractivity contribution in [3.05, 3.63) is 47.7 Å². The van der Waals surface area contributed by atoms with Crippen LogP contribution in [-0.2, 0) is 6.54 Å². The van der Waals surface area contributed by atoms with Crippen LogP contribution in [0.2, 0.25) is 0 Å². The molecule has 1 N–H and O–H groups in total. The second kappa shape index (κ2) is 7.11. The Morgan fingerprint density at radius 3 is 2.81 bits per heavy atom. The molecule has 27 heavy (non-hydrogen) atoms. The van der Waals surface area contributed by atoms with Crippen LogP contribution in [-0.4, -0.2) is 53.4 Å². The number of aliphatic hydroxyl groups is 1.